The van der Waals surface area contributed by atoms with Gasteiger partial charge >= 0.3 is 6.09 Å². The minimum absolute atomic E-state index is 0.0292. The molecule has 2 N–H and O–H groups in total. The number of amides is 1. The molecule has 4 nitrogen and oxygen atoms in total. The predicted octanol–water partition coefficient (Wildman–Crippen LogP) is 2.71. The largest absolute Gasteiger partial charge is 0.445 e. The molecule has 0 aliphatic carbocycles. The van der Waals surface area contributed by atoms with E-state index in [9.17, 15) is 4.79 Å². The summed E-state index contributed by atoms with van der Waals surface area (Å²) < 4.78 is 5.10. The molecular formula is C15H23NO3. The number of nitrogens with one attached hydrogen (secondary N) is 1. The zero-order valence-electron chi connectivity index (χ0n) is 11.7. The van der Waals surface area contributed by atoms with Gasteiger partial charge in [-0.25, -0.2) is 4.79 Å². The van der Waals surface area contributed by atoms with E-state index in [1.165, 1.54) is 0 Å². The summed E-state index contributed by atoms with van der Waals surface area (Å²) in [5.41, 5.74) is 1.000. The molecule has 1 amide bonds. The van der Waals surface area contributed by atoms with Gasteiger partial charge in [-0.2, -0.15) is 0 Å². The fourth-order valence-electron chi connectivity index (χ4n) is 1.70. The molecule has 4 heteroatoms. The van der Waals surface area contributed by atoms with Crippen LogP contribution in [0.4, 0.5) is 4.79 Å². The molecule has 0 fully saturated rings. The van der Waals surface area contributed by atoms with Crippen molar-refractivity contribution in [2.24, 2.45) is 5.41 Å². The molecule has 0 saturated heterocycles. The van der Waals surface area contributed by atoms with E-state index in [4.69, 9.17) is 9.84 Å². The second-order valence-electron chi connectivity index (χ2n) is 5.38. The lowest BCUT2D eigenvalue weighted by molar-refractivity contribution is 0.137. The van der Waals surface area contributed by atoms with E-state index >= 15 is 0 Å². The van der Waals surface area contributed by atoms with Crippen molar-refractivity contribution >= 4 is 6.09 Å². The van der Waals surface area contributed by atoms with E-state index < -0.39 is 6.09 Å². The SMILES string of the molecule is CC(C)(CCO)CCNC(=O)OCc1ccccc1. The van der Waals surface area contributed by atoms with Gasteiger partial charge in [0.1, 0.15) is 6.61 Å². The van der Waals surface area contributed by atoms with Crippen molar-refractivity contribution in [1.29, 1.82) is 0 Å². The summed E-state index contributed by atoms with van der Waals surface area (Å²) in [4.78, 5) is 11.5. The summed E-state index contributed by atoms with van der Waals surface area (Å²) in [7, 11) is 0. The lowest BCUT2D eigenvalue weighted by Crippen LogP contribution is -2.29. The Balaban J connectivity index is 2.18. The number of aliphatic hydroxyl groups is 1. The molecule has 0 aromatic heterocycles. The fraction of sp³-hybridized carbons (Fsp3) is 0.533. The lowest BCUT2D eigenvalue weighted by atomic mass is 9.86. The minimum Gasteiger partial charge on any atom is -0.445 e. The summed E-state index contributed by atoms with van der Waals surface area (Å²) in [5.74, 6) is 0. The van der Waals surface area contributed by atoms with Gasteiger partial charge in [0.15, 0.2) is 0 Å². The first-order valence-electron chi connectivity index (χ1n) is 6.59. The smallest absolute Gasteiger partial charge is 0.407 e. The third kappa shape index (κ3) is 6.82. The van der Waals surface area contributed by atoms with Crippen LogP contribution >= 0.6 is 0 Å². The van der Waals surface area contributed by atoms with Crippen LogP contribution in [0.1, 0.15) is 32.3 Å². The first kappa shape index (κ1) is 15.5. The van der Waals surface area contributed by atoms with E-state index in [1.807, 2.05) is 30.3 Å². The summed E-state index contributed by atoms with van der Waals surface area (Å²) >= 11 is 0. The van der Waals surface area contributed by atoms with E-state index in [-0.39, 0.29) is 18.6 Å². The topological polar surface area (TPSA) is 58.6 Å². The summed E-state index contributed by atoms with van der Waals surface area (Å²) in [6.45, 7) is 5.15. The lowest BCUT2D eigenvalue weighted by Gasteiger charge is -2.23. The van der Waals surface area contributed by atoms with Crippen LogP contribution < -0.4 is 5.32 Å². The summed E-state index contributed by atoms with van der Waals surface area (Å²) in [6.07, 6.45) is 1.14. The highest BCUT2D eigenvalue weighted by Gasteiger charge is 2.17. The number of benzene rings is 1. The number of carbonyl (C=O) groups excluding carboxylic acids is 1. The van der Waals surface area contributed by atoms with E-state index in [0.29, 0.717) is 6.54 Å². The zero-order valence-corrected chi connectivity index (χ0v) is 11.7. The number of alkyl carbamates (subject to hydrolysis) is 1. The monoisotopic (exact) mass is 265 g/mol. The Hall–Kier alpha value is -1.55. The van der Waals surface area contributed by atoms with Crippen LogP contribution in [-0.2, 0) is 11.3 Å². The average Bonchev–Trinajstić information content (AvgIpc) is 2.37. The van der Waals surface area contributed by atoms with E-state index in [1.54, 1.807) is 0 Å². The number of aliphatic hydroxyl groups excluding tert-OH is 1. The third-order valence-electron chi connectivity index (χ3n) is 3.07. The van der Waals surface area contributed by atoms with Gasteiger partial charge in [0.05, 0.1) is 0 Å². The zero-order chi connectivity index (χ0) is 14.1. The number of hydrogen-bond donors (Lipinski definition) is 2. The average molecular weight is 265 g/mol. The highest BCUT2D eigenvalue weighted by atomic mass is 16.5. The van der Waals surface area contributed by atoms with Crippen LogP contribution in [0.15, 0.2) is 30.3 Å². The highest BCUT2D eigenvalue weighted by Crippen LogP contribution is 2.23. The molecule has 106 valence electrons. The van der Waals surface area contributed by atoms with E-state index in [2.05, 4.69) is 19.2 Å². The molecule has 0 atom stereocenters. The van der Waals surface area contributed by atoms with E-state index in [0.717, 1.165) is 18.4 Å². The van der Waals surface area contributed by atoms with Gasteiger partial charge in [0.25, 0.3) is 0 Å². The van der Waals surface area contributed by atoms with Crippen LogP contribution in [0.2, 0.25) is 0 Å². The molecule has 0 unspecified atom stereocenters. The van der Waals surface area contributed by atoms with Crippen molar-refractivity contribution in [2.45, 2.75) is 33.3 Å². The third-order valence-corrected chi connectivity index (χ3v) is 3.07. The molecule has 0 aliphatic heterocycles. The number of ether oxygens (including phenoxy) is 1. The van der Waals surface area contributed by atoms with Crippen LogP contribution in [-0.4, -0.2) is 24.4 Å². The summed E-state index contributed by atoms with van der Waals surface area (Å²) in [6, 6.07) is 9.57. The first-order chi connectivity index (χ1) is 9.03. The molecule has 0 aliphatic rings. The van der Waals surface area contributed by atoms with Gasteiger partial charge in [-0.15, -0.1) is 0 Å². The molecule has 19 heavy (non-hydrogen) atoms. The van der Waals surface area contributed by atoms with Crippen molar-refractivity contribution in [3.63, 3.8) is 0 Å². The molecule has 1 rings (SSSR count). The first-order valence-corrected chi connectivity index (χ1v) is 6.59. The maximum absolute atomic E-state index is 11.5. The van der Waals surface area contributed by atoms with Gasteiger partial charge in [-0.3, -0.25) is 0 Å². The normalized spacial score (nSPS) is 11.1. The molecule has 1 aromatic carbocycles. The second-order valence-corrected chi connectivity index (χ2v) is 5.38. The fourth-order valence-corrected chi connectivity index (χ4v) is 1.70. The Morgan fingerprint density at radius 1 is 1.26 bits per heavy atom. The number of carbonyl (C=O) groups is 1. The highest BCUT2D eigenvalue weighted by molar-refractivity contribution is 5.67. The molecule has 0 spiro atoms. The van der Waals surface area contributed by atoms with Gasteiger partial charge in [-0.05, 0) is 23.8 Å². The van der Waals surface area contributed by atoms with Crippen molar-refractivity contribution in [1.82, 2.24) is 5.32 Å². The van der Waals surface area contributed by atoms with Crippen molar-refractivity contribution in [3.8, 4) is 0 Å². The Bertz CT molecular complexity index is 376. The molecule has 0 bridgehead atoms. The van der Waals surface area contributed by atoms with Crippen molar-refractivity contribution in [2.75, 3.05) is 13.2 Å². The molecule has 0 heterocycles. The van der Waals surface area contributed by atoms with Gasteiger partial charge in [0.2, 0.25) is 0 Å². The number of rotatable bonds is 7. The summed E-state index contributed by atoms with van der Waals surface area (Å²) in [5, 5.41) is 11.6. The Kier molecular flexibility index (Phi) is 6.36. The Morgan fingerprint density at radius 3 is 2.58 bits per heavy atom. The molecule has 1 aromatic rings. The standard InChI is InChI=1S/C15H23NO3/c1-15(2,9-11-17)8-10-16-14(18)19-12-13-6-4-3-5-7-13/h3-7,17H,8-12H2,1-2H3,(H,16,18). The minimum atomic E-state index is -0.399. The van der Waals surface area contributed by atoms with Gasteiger partial charge in [0, 0.05) is 13.2 Å². The Morgan fingerprint density at radius 2 is 1.95 bits per heavy atom. The molecule has 0 saturated carbocycles. The quantitative estimate of drug-likeness (QED) is 0.797. The van der Waals surface area contributed by atoms with Crippen molar-refractivity contribution < 1.29 is 14.6 Å². The van der Waals surface area contributed by atoms with Crippen LogP contribution in [0.25, 0.3) is 0 Å². The number of hydrogen-bond acceptors (Lipinski definition) is 3. The van der Waals surface area contributed by atoms with Crippen LogP contribution in [0.3, 0.4) is 0 Å². The van der Waals surface area contributed by atoms with Gasteiger partial charge < -0.3 is 15.2 Å². The molecule has 0 radical (unpaired) electrons. The Labute approximate surface area is 114 Å². The van der Waals surface area contributed by atoms with Crippen molar-refractivity contribution in [3.05, 3.63) is 35.9 Å². The molecular weight excluding hydrogens is 242 g/mol. The maximum Gasteiger partial charge on any atom is 0.407 e. The van der Waals surface area contributed by atoms with Crippen LogP contribution in [0.5, 0.6) is 0 Å². The van der Waals surface area contributed by atoms with Gasteiger partial charge in [-0.1, -0.05) is 44.2 Å². The van der Waals surface area contributed by atoms with Crippen LogP contribution in [0, 0.1) is 5.41 Å². The maximum atomic E-state index is 11.5. The second kappa shape index (κ2) is 7.79. The predicted molar refractivity (Wildman–Crippen MR) is 74.7 cm³/mol.